The Morgan fingerprint density at radius 1 is 1.14 bits per heavy atom. The number of fused-ring (bicyclic) bond motifs is 1. The van der Waals surface area contributed by atoms with Gasteiger partial charge in [0.05, 0.1) is 12.0 Å². The van der Waals surface area contributed by atoms with Gasteiger partial charge in [-0.3, -0.25) is 4.79 Å². The Kier molecular flexibility index (Phi) is 5.06. The number of carbonyl (C=O) groups excluding carboxylic acids is 1. The number of ether oxygens (including phenoxy) is 1. The van der Waals surface area contributed by atoms with Crippen LogP contribution in [0.2, 0.25) is 0 Å². The van der Waals surface area contributed by atoms with Gasteiger partial charge >= 0.3 is 0 Å². The quantitative estimate of drug-likeness (QED) is 0.686. The summed E-state index contributed by atoms with van der Waals surface area (Å²) in [5.74, 6) is 0.419. The molecule has 2 heterocycles. The maximum Gasteiger partial charge on any atom is 0.291 e. The zero-order valence-electron chi connectivity index (χ0n) is 16.3. The smallest absolute Gasteiger partial charge is 0.291 e. The number of sulfonamides is 1. The summed E-state index contributed by atoms with van der Waals surface area (Å²) in [7, 11) is -1.98. The fourth-order valence-corrected chi connectivity index (χ4v) is 5.11. The summed E-state index contributed by atoms with van der Waals surface area (Å²) in [5, 5.41) is 3.54. The van der Waals surface area contributed by atoms with Gasteiger partial charge in [0.15, 0.2) is 5.76 Å². The lowest BCUT2D eigenvalue weighted by atomic mass is 10.1. The number of amides is 1. The van der Waals surface area contributed by atoms with Crippen molar-refractivity contribution in [2.75, 3.05) is 25.5 Å². The van der Waals surface area contributed by atoms with E-state index in [0.29, 0.717) is 35.7 Å². The topological polar surface area (TPSA) is 88.8 Å². The Morgan fingerprint density at radius 3 is 2.62 bits per heavy atom. The lowest BCUT2D eigenvalue weighted by molar-refractivity contribution is 0.0998. The van der Waals surface area contributed by atoms with Crippen LogP contribution in [-0.2, 0) is 10.0 Å². The number of furan rings is 1. The van der Waals surface area contributed by atoms with Crippen LogP contribution in [0.5, 0.6) is 5.75 Å². The minimum Gasteiger partial charge on any atom is -0.497 e. The molecule has 0 radical (unpaired) electrons. The molecular formula is C21H22N2O5S. The summed E-state index contributed by atoms with van der Waals surface area (Å²) < 4.78 is 37.9. The molecule has 0 saturated carbocycles. The van der Waals surface area contributed by atoms with E-state index in [1.54, 1.807) is 44.4 Å². The monoisotopic (exact) mass is 414 g/mol. The van der Waals surface area contributed by atoms with Gasteiger partial charge in [-0.15, -0.1) is 0 Å². The van der Waals surface area contributed by atoms with Gasteiger partial charge in [0.1, 0.15) is 11.3 Å². The second-order valence-electron chi connectivity index (χ2n) is 7.01. The van der Waals surface area contributed by atoms with Gasteiger partial charge in [-0.25, -0.2) is 8.42 Å². The van der Waals surface area contributed by atoms with Gasteiger partial charge in [-0.1, -0.05) is 6.07 Å². The molecule has 1 N–H and O–H groups in total. The van der Waals surface area contributed by atoms with Crippen LogP contribution in [0.15, 0.2) is 51.8 Å². The van der Waals surface area contributed by atoms with Crippen LogP contribution in [-0.4, -0.2) is 38.8 Å². The summed E-state index contributed by atoms with van der Waals surface area (Å²) in [6.45, 7) is 2.86. The molecule has 1 fully saturated rings. The largest absolute Gasteiger partial charge is 0.497 e. The Balaban J connectivity index is 1.61. The lowest BCUT2D eigenvalue weighted by Gasteiger charge is -2.16. The highest BCUT2D eigenvalue weighted by Gasteiger charge is 2.27. The number of rotatable bonds is 5. The third-order valence-corrected chi connectivity index (χ3v) is 7.04. The van der Waals surface area contributed by atoms with E-state index in [1.807, 2.05) is 6.07 Å². The number of carbonyl (C=O) groups is 1. The standard InChI is InChI=1S/C21H22N2O5S/c1-14-18-13-16(27-2)8-9-19(18)28-20(14)21(24)22-15-6-5-7-17(12-15)29(25,26)23-10-3-4-11-23/h5-9,12-13H,3-4,10-11H2,1-2H3,(H,22,24). The van der Waals surface area contributed by atoms with Gasteiger partial charge in [0.2, 0.25) is 10.0 Å². The van der Waals surface area contributed by atoms with Crippen LogP contribution < -0.4 is 10.1 Å². The minimum atomic E-state index is -3.55. The van der Waals surface area contributed by atoms with Crippen molar-refractivity contribution in [1.82, 2.24) is 4.31 Å². The van der Waals surface area contributed by atoms with Crippen molar-refractivity contribution in [2.24, 2.45) is 0 Å². The van der Waals surface area contributed by atoms with E-state index < -0.39 is 15.9 Å². The molecule has 152 valence electrons. The molecule has 0 spiro atoms. The highest BCUT2D eigenvalue weighted by Crippen LogP contribution is 2.30. The number of nitrogens with zero attached hydrogens (tertiary/aromatic N) is 1. The molecule has 4 rings (SSSR count). The van der Waals surface area contributed by atoms with Crippen LogP contribution in [0.3, 0.4) is 0 Å². The van der Waals surface area contributed by atoms with Crippen molar-refractivity contribution in [3.8, 4) is 5.75 Å². The third-order valence-electron chi connectivity index (χ3n) is 5.14. The van der Waals surface area contributed by atoms with E-state index in [2.05, 4.69) is 5.32 Å². The molecule has 0 aliphatic carbocycles. The summed E-state index contributed by atoms with van der Waals surface area (Å²) in [6.07, 6.45) is 1.73. The van der Waals surface area contributed by atoms with E-state index in [1.165, 1.54) is 10.4 Å². The van der Waals surface area contributed by atoms with Crippen LogP contribution in [0, 0.1) is 6.92 Å². The first-order chi connectivity index (χ1) is 13.9. The molecule has 3 aromatic rings. The summed E-state index contributed by atoms with van der Waals surface area (Å²) in [4.78, 5) is 12.9. The number of methoxy groups -OCH3 is 1. The summed E-state index contributed by atoms with van der Waals surface area (Å²) in [5.41, 5.74) is 1.67. The number of aryl methyl sites for hydroxylation is 1. The SMILES string of the molecule is COc1ccc2oc(C(=O)Nc3cccc(S(=O)(=O)N4CCCC4)c3)c(C)c2c1. The molecule has 0 bridgehead atoms. The van der Waals surface area contributed by atoms with Crippen LogP contribution in [0.1, 0.15) is 29.0 Å². The normalized spacial score (nSPS) is 15.0. The Hall–Kier alpha value is -2.84. The van der Waals surface area contributed by atoms with Gasteiger partial charge < -0.3 is 14.5 Å². The number of hydrogen-bond acceptors (Lipinski definition) is 5. The Labute approximate surface area is 169 Å². The zero-order valence-corrected chi connectivity index (χ0v) is 17.1. The highest BCUT2D eigenvalue weighted by molar-refractivity contribution is 7.89. The predicted octanol–water partition coefficient (Wildman–Crippen LogP) is 3.79. The molecule has 0 unspecified atom stereocenters. The Morgan fingerprint density at radius 2 is 1.90 bits per heavy atom. The van der Waals surface area contributed by atoms with E-state index in [-0.39, 0.29) is 10.7 Å². The first-order valence-corrected chi connectivity index (χ1v) is 10.8. The second-order valence-corrected chi connectivity index (χ2v) is 8.95. The Bertz CT molecular complexity index is 1180. The van der Waals surface area contributed by atoms with Crippen molar-refractivity contribution in [3.05, 3.63) is 53.8 Å². The molecule has 0 atom stereocenters. The van der Waals surface area contributed by atoms with Crippen molar-refractivity contribution in [3.63, 3.8) is 0 Å². The number of nitrogens with one attached hydrogen (secondary N) is 1. The van der Waals surface area contributed by atoms with E-state index >= 15 is 0 Å². The number of anilines is 1. The van der Waals surface area contributed by atoms with Gasteiger partial charge in [-0.05, 0) is 56.2 Å². The van der Waals surface area contributed by atoms with Crippen molar-refractivity contribution >= 4 is 32.6 Å². The summed E-state index contributed by atoms with van der Waals surface area (Å²) in [6, 6.07) is 11.6. The molecular weight excluding hydrogens is 392 g/mol. The second kappa shape index (κ2) is 7.53. The predicted molar refractivity (Wildman–Crippen MR) is 110 cm³/mol. The first kappa shape index (κ1) is 19.5. The molecule has 8 heteroatoms. The number of benzene rings is 2. The molecule has 1 aliphatic rings. The first-order valence-electron chi connectivity index (χ1n) is 9.39. The maximum atomic E-state index is 12.8. The fraction of sp³-hybridized carbons (Fsp3) is 0.286. The third kappa shape index (κ3) is 3.61. The maximum absolute atomic E-state index is 12.8. The van der Waals surface area contributed by atoms with Crippen LogP contribution in [0.4, 0.5) is 5.69 Å². The van der Waals surface area contributed by atoms with Crippen molar-refractivity contribution in [1.29, 1.82) is 0 Å². The molecule has 7 nitrogen and oxygen atoms in total. The van der Waals surface area contributed by atoms with Crippen molar-refractivity contribution < 1.29 is 22.4 Å². The fourth-order valence-electron chi connectivity index (χ4n) is 3.54. The average molecular weight is 414 g/mol. The molecule has 1 aromatic heterocycles. The highest BCUT2D eigenvalue weighted by atomic mass is 32.2. The molecule has 29 heavy (non-hydrogen) atoms. The number of hydrogen-bond donors (Lipinski definition) is 1. The molecule has 1 saturated heterocycles. The lowest BCUT2D eigenvalue weighted by Crippen LogP contribution is -2.27. The van der Waals surface area contributed by atoms with Gasteiger partial charge in [-0.2, -0.15) is 4.31 Å². The zero-order chi connectivity index (χ0) is 20.6. The van der Waals surface area contributed by atoms with Crippen molar-refractivity contribution in [2.45, 2.75) is 24.7 Å². The van der Waals surface area contributed by atoms with Crippen LogP contribution in [0.25, 0.3) is 11.0 Å². The molecule has 2 aromatic carbocycles. The molecule has 1 aliphatic heterocycles. The average Bonchev–Trinajstić information content (AvgIpc) is 3.37. The van der Waals surface area contributed by atoms with Gasteiger partial charge in [0, 0.05) is 29.7 Å². The minimum absolute atomic E-state index is 0.170. The van der Waals surface area contributed by atoms with E-state index in [0.717, 1.165) is 18.2 Å². The van der Waals surface area contributed by atoms with E-state index in [9.17, 15) is 13.2 Å². The molecule has 1 amide bonds. The van der Waals surface area contributed by atoms with Gasteiger partial charge in [0.25, 0.3) is 5.91 Å². The van der Waals surface area contributed by atoms with E-state index in [4.69, 9.17) is 9.15 Å². The summed E-state index contributed by atoms with van der Waals surface area (Å²) >= 11 is 0. The van der Waals surface area contributed by atoms with Crippen LogP contribution >= 0.6 is 0 Å².